The first-order chi connectivity index (χ1) is 13.6. The molecule has 1 aliphatic heterocycles. The number of amides is 2. The van der Waals surface area contributed by atoms with Crippen molar-refractivity contribution in [2.24, 2.45) is 0 Å². The molecule has 148 valence electrons. The lowest BCUT2D eigenvalue weighted by Gasteiger charge is -2.12. The fourth-order valence-corrected chi connectivity index (χ4v) is 2.72. The Morgan fingerprint density at radius 1 is 1.00 bits per heavy atom. The molecule has 0 aliphatic carbocycles. The first kappa shape index (κ1) is 19.5. The Morgan fingerprint density at radius 3 is 2.61 bits per heavy atom. The molecule has 8 heteroatoms. The highest BCUT2D eigenvalue weighted by Gasteiger charge is 2.17. The number of nitrogens with one attached hydrogen (secondary N) is 2. The van der Waals surface area contributed by atoms with Gasteiger partial charge in [0, 0.05) is 25.8 Å². The molecule has 0 aromatic heterocycles. The highest BCUT2D eigenvalue weighted by molar-refractivity contribution is 6.01. The van der Waals surface area contributed by atoms with Crippen LogP contribution in [0.1, 0.15) is 26.3 Å². The van der Waals surface area contributed by atoms with Crippen molar-refractivity contribution >= 4 is 11.8 Å². The molecule has 0 fully saturated rings. The van der Waals surface area contributed by atoms with E-state index in [1.54, 1.807) is 25.3 Å². The molecule has 2 amide bonds. The Balaban J connectivity index is 1.67. The Kier molecular flexibility index (Phi) is 6.33. The van der Waals surface area contributed by atoms with Gasteiger partial charge in [-0.25, -0.2) is 0 Å². The Morgan fingerprint density at radius 2 is 1.82 bits per heavy atom. The van der Waals surface area contributed by atoms with Gasteiger partial charge in [0.05, 0.1) is 19.3 Å². The van der Waals surface area contributed by atoms with Crippen LogP contribution in [0.4, 0.5) is 0 Å². The summed E-state index contributed by atoms with van der Waals surface area (Å²) in [5.74, 6) is 1.10. The van der Waals surface area contributed by atoms with E-state index in [1.807, 2.05) is 12.1 Å². The van der Waals surface area contributed by atoms with Gasteiger partial charge < -0.3 is 29.6 Å². The number of carbonyl (C=O) groups excluding carboxylic acids is 2. The van der Waals surface area contributed by atoms with Crippen LogP contribution in [0.2, 0.25) is 0 Å². The molecule has 2 N–H and O–H groups in total. The zero-order valence-electron chi connectivity index (χ0n) is 15.7. The van der Waals surface area contributed by atoms with Crippen molar-refractivity contribution in [2.45, 2.75) is 6.54 Å². The quantitative estimate of drug-likeness (QED) is 0.671. The average Bonchev–Trinajstić information content (AvgIpc) is 3.19. The number of fused-ring (bicyclic) bond motifs is 1. The number of carbonyl (C=O) groups is 2. The lowest BCUT2D eigenvalue weighted by Crippen LogP contribution is -2.28. The first-order valence-corrected chi connectivity index (χ1v) is 8.74. The number of ether oxygens (including phenoxy) is 4. The smallest absolute Gasteiger partial charge is 0.255 e. The van der Waals surface area contributed by atoms with E-state index in [9.17, 15) is 9.59 Å². The van der Waals surface area contributed by atoms with Crippen LogP contribution >= 0.6 is 0 Å². The second-order valence-electron chi connectivity index (χ2n) is 6.03. The summed E-state index contributed by atoms with van der Waals surface area (Å²) in [5, 5.41) is 5.56. The second kappa shape index (κ2) is 9.09. The van der Waals surface area contributed by atoms with E-state index in [4.69, 9.17) is 18.9 Å². The van der Waals surface area contributed by atoms with Gasteiger partial charge in [-0.1, -0.05) is 6.07 Å². The van der Waals surface area contributed by atoms with Crippen molar-refractivity contribution in [3.8, 4) is 17.2 Å². The largest absolute Gasteiger partial charge is 0.496 e. The monoisotopic (exact) mass is 386 g/mol. The predicted octanol–water partition coefficient (Wildman–Crippen LogP) is 1.73. The normalized spacial score (nSPS) is 11.8. The van der Waals surface area contributed by atoms with E-state index in [-0.39, 0.29) is 24.2 Å². The summed E-state index contributed by atoms with van der Waals surface area (Å²) < 4.78 is 20.8. The molecule has 0 spiro atoms. The number of rotatable bonds is 8. The van der Waals surface area contributed by atoms with Crippen molar-refractivity contribution in [3.05, 3.63) is 53.1 Å². The van der Waals surface area contributed by atoms with Gasteiger partial charge >= 0.3 is 0 Å². The maximum Gasteiger partial charge on any atom is 0.255 e. The second-order valence-corrected chi connectivity index (χ2v) is 6.03. The molecule has 0 unspecified atom stereocenters. The summed E-state index contributed by atoms with van der Waals surface area (Å²) in [5.41, 5.74) is 1.52. The summed E-state index contributed by atoms with van der Waals surface area (Å²) >= 11 is 0. The summed E-state index contributed by atoms with van der Waals surface area (Å²) in [6.45, 7) is 1.27. The van der Waals surface area contributed by atoms with Gasteiger partial charge in [0.25, 0.3) is 11.8 Å². The van der Waals surface area contributed by atoms with Gasteiger partial charge in [-0.2, -0.15) is 0 Å². The molecule has 3 rings (SSSR count). The molecule has 28 heavy (non-hydrogen) atoms. The molecule has 2 aromatic carbocycles. The van der Waals surface area contributed by atoms with Gasteiger partial charge in [-0.15, -0.1) is 0 Å². The zero-order valence-corrected chi connectivity index (χ0v) is 15.7. The summed E-state index contributed by atoms with van der Waals surface area (Å²) in [7, 11) is 3.03. The minimum Gasteiger partial charge on any atom is -0.496 e. The SMILES string of the molecule is COCCNC(=O)c1cc(C(=O)NCc2ccc3c(c2)OCO3)ccc1OC. The Labute approximate surface area is 162 Å². The molecule has 1 heterocycles. The predicted molar refractivity (Wildman–Crippen MR) is 101 cm³/mol. The van der Waals surface area contributed by atoms with E-state index in [0.717, 1.165) is 5.56 Å². The summed E-state index contributed by atoms with van der Waals surface area (Å²) in [6.07, 6.45) is 0. The van der Waals surface area contributed by atoms with Crippen LogP contribution in [0.3, 0.4) is 0 Å². The number of methoxy groups -OCH3 is 2. The van der Waals surface area contributed by atoms with Crippen molar-refractivity contribution in [1.82, 2.24) is 10.6 Å². The fourth-order valence-electron chi connectivity index (χ4n) is 2.72. The Hall–Kier alpha value is -3.26. The maximum absolute atomic E-state index is 12.5. The number of hydrogen-bond donors (Lipinski definition) is 2. The van der Waals surface area contributed by atoms with Crippen molar-refractivity contribution in [2.75, 3.05) is 34.2 Å². The first-order valence-electron chi connectivity index (χ1n) is 8.74. The fraction of sp³-hybridized carbons (Fsp3) is 0.300. The highest BCUT2D eigenvalue weighted by Crippen LogP contribution is 2.32. The van der Waals surface area contributed by atoms with Crippen LogP contribution < -0.4 is 24.8 Å². The number of hydrogen-bond acceptors (Lipinski definition) is 6. The average molecular weight is 386 g/mol. The molecular formula is C20H22N2O6. The molecule has 8 nitrogen and oxygen atoms in total. The molecule has 0 saturated heterocycles. The van der Waals surface area contributed by atoms with Crippen LogP contribution in [0, 0.1) is 0 Å². The molecule has 0 saturated carbocycles. The molecular weight excluding hydrogens is 364 g/mol. The summed E-state index contributed by atoms with van der Waals surface area (Å²) in [4.78, 5) is 24.9. The van der Waals surface area contributed by atoms with Crippen molar-refractivity contribution < 1.29 is 28.5 Å². The van der Waals surface area contributed by atoms with Gasteiger partial charge in [0.15, 0.2) is 11.5 Å². The molecule has 2 aromatic rings. The molecule has 0 radical (unpaired) electrons. The van der Waals surface area contributed by atoms with Gasteiger partial charge in [-0.3, -0.25) is 9.59 Å². The topological polar surface area (TPSA) is 95.1 Å². The highest BCUT2D eigenvalue weighted by atomic mass is 16.7. The van der Waals surface area contributed by atoms with E-state index in [2.05, 4.69) is 10.6 Å². The van der Waals surface area contributed by atoms with Crippen LogP contribution in [-0.2, 0) is 11.3 Å². The summed E-state index contributed by atoms with van der Waals surface area (Å²) in [6, 6.07) is 10.2. The Bertz CT molecular complexity index is 868. The minimum absolute atomic E-state index is 0.201. The van der Waals surface area contributed by atoms with Gasteiger partial charge in [-0.05, 0) is 35.9 Å². The standard InChI is InChI=1S/C20H22N2O6/c1-25-8-7-21-20(24)15-10-14(4-6-16(15)26-2)19(23)22-11-13-3-5-17-18(9-13)28-12-27-17/h3-6,9-10H,7-8,11-12H2,1-2H3,(H,21,24)(H,22,23). The third kappa shape index (κ3) is 4.52. The van der Waals surface area contributed by atoms with E-state index < -0.39 is 0 Å². The lowest BCUT2D eigenvalue weighted by molar-refractivity contribution is 0.0934. The zero-order chi connectivity index (χ0) is 19.9. The molecule has 1 aliphatic rings. The van der Waals surface area contributed by atoms with E-state index >= 15 is 0 Å². The van der Waals surface area contributed by atoms with Crippen LogP contribution in [0.25, 0.3) is 0 Å². The van der Waals surface area contributed by atoms with Crippen LogP contribution in [-0.4, -0.2) is 46.0 Å². The lowest BCUT2D eigenvalue weighted by atomic mass is 10.1. The van der Waals surface area contributed by atoms with Crippen molar-refractivity contribution in [3.63, 3.8) is 0 Å². The van der Waals surface area contributed by atoms with Crippen LogP contribution in [0.15, 0.2) is 36.4 Å². The van der Waals surface area contributed by atoms with Gasteiger partial charge in [0.2, 0.25) is 6.79 Å². The van der Waals surface area contributed by atoms with Crippen LogP contribution in [0.5, 0.6) is 17.2 Å². The minimum atomic E-state index is -0.334. The van der Waals surface area contributed by atoms with Gasteiger partial charge in [0.1, 0.15) is 5.75 Å². The van der Waals surface area contributed by atoms with Crippen molar-refractivity contribution in [1.29, 1.82) is 0 Å². The maximum atomic E-state index is 12.5. The molecule has 0 bridgehead atoms. The van der Waals surface area contributed by atoms with E-state index in [1.165, 1.54) is 13.2 Å². The number of benzene rings is 2. The third-order valence-electron chi connectivity index (χ3n) is 4.19. The molecule has 0 atom stereocenters. The third-order valence-corrected chi connectivity index (χ3v) is 4.19. The van der Waals surface area contributed by atoms with E-state index in [0.29, 0.717) is 42.5 Å².